The third kappa shape index (κ3) is 5.08. The second-order valence-electron chi connectivity index (χ2n) is 6.98. The molecule has 0 spiro atoms. The van der Waals surface area contributed by atoms with Crippen molar-refractivity contribution in [2.24, 2.45) is 0 Å². The van der Waals surface area contributed by atoms with Crippen molar-refractivity contribution >= 4 is 45.0 Å². The lowest BCUT2D eigenvalue weighted by Crippen LogP contribution is -2.50. The number of hydrogen-bond donors (Lipinski definition) is 0. The van der Waals surface area contributed by atoms with Crippen LogP contribution in [0.25, 0.3) is 0 Å². The maximum Gasteiger partial charge on any atom is 0.244 e. The van der Waals surface area contributed by atoms with Gasteiger partial charge in [0.15, 0.2) is 0 Å². The van der Waals surface area contributed by atoms with Gasteiger partial charge in [-0.2, -0.15) is 9.57 Å². The first-order valence-corrected chi connectivity index (χ1v) is 12.1. The third-order valence-electron chi connectivity index (χ3n) is 4.81. The second-order valence-corrected chi connectivity index (χ2v) is 10.8. The summed E-state index contributed by atoms with van der Waals surface area (Å²) in [6.07, 6.45) is 0. The van der Waals surface area contributed by atoms with Crippen LogP contribution in [0.2, 0.25) is 10.0 Å². The molecule has 0 amide bonds. The first kappa shape index (κ1) is 22.4. The Kier molecular flexibility index (Phi) is 7.15. The van der Waals surface area contributed by atoms with Crippen molar-refractivity contribution in [2.45, 2.75) is 34.6 Å². The summed E-state index contributed by atoms with van der Waals surface area (Å²) >= 11 is 13.6. The van der Waals surface area contributed by atoms with Gasteiger partial charge in [0.2, 0.25) is 10.0 Å². The van der Waals surface area contributed by atoms with Gasteiger partial charge in [-0.1, -0.05) is 35.0 Å². The van der Waals surface area contributed by atoms with E-state index in [1.807, 2.05) is 6.07 Å². The van der Waals surface area contributed by atoms with Crippen molar-refractivity contribution in [3.63, 3.8) is 0 Å². The van der Waals surface area contributed by atoms with E-state index in [0.717, 1.165) is 0 Å². The van der Waals surface area contributed by atoms with E-state index in [1.165, 1.54) is 22.1 Å². The standard InChI is InChI=1S/C20H21Cl2N3O2S2/c1-14(2)24-7-9-25(10-8-24)29(26,27)20-11-15(13-23)3-6-18(20)28-19-12-16(21)4-5-17(19)22/h3-6,11-12,14H,7-10H2,1-2H3. The fourth-order valence-electron chi connectivity index (χ4n) is 3.14. The largest absolute Gasteiger partial charge is 0.298 e. The highest BCUT2D eigenvalue weighted by atomic mass is 35.5. The molecule has 29 heavy (non-hydrogen) atoms. The lowest BCUT2D eigenvalue weighted by Gasteiger charge is -2.36. The lowest BCUT2D eigenvalue weighted by molar-refractivity contribution is 0.154. The highest BCUT2D eigenvalue weighted by Gasteiger charge is 2.31. The van der Waals surface area contributed by atoms with E-state index in [-0.39, 0.29) is 4.90 Å². The topological polar surface area (TPSA) is 64.4 Å². The van der Waals surface area contributed by atoms with Crippen LogP contribution in [-0.4, -0.2) is 49.8 Å². The van der Waals surface area contributed by atoms with E-state index >= 15 is 0 Å². The van der Waals surface area contributed by atoms with Crippen molar-refractivity contribution in [2.75, 3.05) is 26.2 Å². The van der Waals surface area contributed by atoms with E-state index in [4.69, 9.17) is 23.2 Å². The van der Waals surface area contributed by atoms with Gasteiger partial charge in [-0.25, -0.2) is 8.42 Å². The zero-order chi connectivity index (χ0) is 21.2. The minimum Gasteiger partial charge on any atom is -0.298 e. The summed E-state index contributed by atoms with van der Waals surface area (Å²) in [4.78, 5) is 3.54. The van der Waals surface area contributed by atoms with Crippen LogP contribution in [-0.2, 0) is 10.0 Å². The maximum atomic E-state index is 13.4. The van der Waals surface area contributed by atoms with Gasteiger partial charge in [0.05, 0.1) is 21.6 Å². The summed E-state index contributed by atoms with van der Waals surface area (Å²) in [5.41, 5.74) is 0.297. The molecule has 0 N–H and O–H groups in total. The van der Waals surface area contributed by atoms with Gasteiger partial charge in [0.1, 0.15) is 0 Å². The quantitative estimate of drug-likeness (QED) is 0.632. The first-order chi connectivity index (χ1) is 13.7. The van der Waals surface area contributed by atoms with Crippen molar-refractivity contribution in [3.05, 3.63) is 52.0 Å². The number of rotatable bonds is 5. The lowest BCUT2D eigenvalue weighted by atomic mass is 10.2. The number of halogens is 2. The van der Waals surface area contributed by atoms with E-state index < -0.39 is 10.0 Å². The first-order valence-electron chi connectivity index (χ1n) is 9.13. The minimum atomic E-state index is -3.76. The molecule has 0 atom stereocenters. The summed E-state index contributed by atoms with van der Waals surface area (Å²) in [6, 6.07) is 12.1. The van der Waals surface area contributed by atoms with E-state index in [1.54, 1.807) is 30.3 Å². The zero-order valence-electron chi connectivity index (χ0n) is 16.1. The SMILES string of the molecule is CC(C)N1CCN(S(=O)(=O)c2cc(C#N)ccc2Sc2cc(Cl)ccc2Cl)CC1. The monoisotopic (exact) mass is 469 g/mol. The molecule has 0 unspecified atom stereocenters. The molecular formula is C20H21Cl2N3O2S2. The van der Waals surface area contributed by atoms with Crippen LogP contribution < -0.4 is 0 Å². The maximum absolute atomic E-state index is 13.4. The molecule has 0 saturated carbocycles. The zero-order valence-corrected chi connectivity index (χ0v) is 19.2. The van der Waals surface area contributed by atoms with Crippen LogP contribution in [0.5, 0.6) is 0 Å². The molecule has 1 aliphatic heterocycles. The molecule has 0 aliphatic carbocycles. The van der Waals surface area contributed by atoms with Gasteiger partial charge < -0.3 is 0 Å². The summed E-state index contributed by atoms with van der Waals surface area (Å²) in [5, 5.41) is 10.3. The molecule has 0 radical (unpaired) electrons. The molecular weight excluding hydrogens is 449 g/mol. The Morgan fingerprint density at radius 1 is 1.03 bits per heavy atom. The molecule has 1 heterocycles. The number of nitrogens with zero attached hydrogens (tertiary/aromatic N) is 3. The molecule has 3 rings (SSSR count). The summed E-state index contributed by atoms with van der Waals surface area (Å²) in [7, 11) is -3.76. The average Bonchev–Trinajstić information content (AvgIpc) is 2.71. The second kappa shape index (κ2) is 9.25. The van der Waals surface area contributed by atoms with Crippen LogP contribution in [0.1, 0.15) is 19.4 Å². The minimum absolute atomic E-state index is 0.121. The van der Waals surface area contributed by atoms with Crippen LogP contribution in [0, 0.1) is 11.3 Å². The van der Waals surface area contributed by atoms with Gasteiger partial charge in [0, 0.05) is 47.0 Å². The molecule has 0 bridgehead atoms. The Morgan fingerprint density at radius 2 is 1.72 bits per heavy atom. The molecule has 1 saturated heterocycles. The van der Waals surface area contributed by atoms with Gasteiger partial charge in [-0.05, 0) is 50.2 Å². The van der Waals surface area contributed by atoms with Crippen LogP contribution in [0.3, 0.4) is 0 Å². The normalized spacial score (nSPS) is 16.1. The van der Waals surface area contributed by atoms with E-state index in [0.29, 0.717) is 57.6 Å². The van der Waals surface area contributed by atoms with Crippen molar-refractivity contribution in [1.29, 1.82) is 5.26 Å². The summed E-state index contributed by atoms with van der Waals surface area (Å²) < 4.78 is 28.3. The Balaban J connectivity index is 1.97. The molecule has 5 nitrogen and oxygen atoms in total. The number of piperazine rings is 1. The van der Waals surface area contributed by atoms with Gasteiger partial charge in [-0.3, -0.25) is 4.90 Å². The van der Waals surface area contributed by atoms with E-state index in [9.17, 15) is 13.7 Å². The van der Waals surface area contributed by atoms with Crippen molar-refractivity contribution in [1.82, 2.24) is 9.21 Å². The highest BCUT2D eigenvalue weighted by Crippen LogP contribution is 2.39. The predicted octanol–water partition coefficient (Wildman–Crippen LogP) is 4.73. The molecule has 0 aromatic heterocycles. The third-order valence-corrected chi connectivity index (χ3v) is 8.69. The molecule has 2 aromatic carbocycles. The Labute approximate surface area is 186 Å². The van der Waals surface area contributed by atoms with Crippen molar-refractivity contribution in [3.8, 4) is 6.07 Å². The Hall–Kier alpha value is -1.27. The predicted molar refractivity (Wildman–Crippen MR) is 117 cm³/mol. The Bertz CT molecular complexity index is 1040. The fourth-order valence-corrected chi connectivity index (χ4v) is 6.45. The number of benzene rings is 2. The van der Waals surface area contributed by atoms with Crippen LogP contribution in [0.4, 0.5) is 0 Å². The number of sulfonamides is 1. The van der Waals surface area contributed by atoms with Gasteiger partial charge in [-0.15, -0.1) is 0 Å². The smallest absolute Gasteiger partial charge is 0.244 e. The molecule has 9 heteroatoms. The Morgan fingerprint density at radius 3 is 2.34 bits per heavy atom. The number of hydrogen-bond acceptors (Lipinski definition) is 5. The fraction of sp³-hybridized carbons (Fsp3) is 0.350. The van der Waals surface area contributed by atoms with E-state index in [2.05, 4.69) is 18.7 Å². The summed E-state index contributed by atoms with van der Waals surface area (Å²) in [5.74, 6) is 0. The van der Waals surface area contributed by atoms with Crippen LogP contribution in [0.15, 0.2) is 51.1 Å². The number of nitriles is 1. The molecule has 2 aromatic rings. The van der Waals surface area contributed by atoms with Gasteiger partial charge >= 0.3 is 0 Å². The van der Waals surface area contributed by atoms with Crippen LogP contribution >= 0.6 is 35.0 Å². The highest BCUT2D eigenvalue weighted by molar-refractivity contribution is 8.00. The van der Waals surface area contributed by atoms with Crippen molar-refractivity contribution < 1.29 is 8.42 Å². The molecule has 154 valence electrons. The average molecular weight is 470 g/mol. The summed E-state index contributed by atoms with van der Waals surface area (Å²) in [6.45, 7) is 6.39. The molecule has 1 aliphatic rings. The van der Waals surface area contributed by atoms with Gasteiger partial charge in [0.25, 0.3) is 0 Å². The molecule has 1 fully saturated rings.